The predicted octanol–water partition coefficient (Wildman–Crippen LogP) is 4.04. The van der Waals surface area contributed by atoms with E-state index in [-0.39, 0.29) is 18.4 Å². The molecule has 6 heteroatoms. The molecule has 0 heterocycles. The Morgan fingerprint density at radius 2 is 1.41 bits per heavy atom. The molecule has 0 fully saturated rings. The van der Waals surface area contributed by atoms with Crippen molar-refractivity contribution < 1.29 is 14.3 Å². The van der Waals surface area contributed by atoms with Crippen LogP contribution in [0.5, 0.6) is 5.75 Å². The van der Waals surface area contributed by atoms with Crippen LogP contribution in [0.15, 0.2) is 60.7 Å². The summed E-state index contributed by atoms with van der Waals surface area (Å²) in [6, 6.07) is 14.4. The smallest absolute Gasteiger partial charge is 0.243 e. The second-order valence-electron chi connectivity index (χ2n) is 6.15. The normalized spacial score (nSPS) is 10.0. The molecular formula is C21H25N3O3. The van der Waals surface area contributed by atoms with Gasteiger partial charge in [-0.1, -0.05) is 13.5 Å². The predicted molar refractivity (Wildman–Crippen MR) is 109 cm³/mol. The van der Waals surface area contributed by atoms with Crippen LogP contribution in [0.4, 0.5) is 17.1 Å². The van der Waals surface area contributed by atoms with Gasteiger partial charge in [0.2, 0.25) is 11.8 Å². The second-order valence-corrected chi connectivity index (χ2v) is 6.15. The van der Waals surface area contributed by atoms with Gasteiger partial charge < -0.3 is 20.7 Å². The van der Waals surface area contributed by atoms with Crippen molar-refractivity contribution in [2.75, 3.05) is 29.1 Å². The summed E-state index contributed by atoms with van der Waals surface area (Å²) >= 11 is 0. The Morgan fingerprint density at radius 3 is 1.96 bits per heavy atom. The molecule has 0 spiro atoms. The van der Waals surface area contributed by atoms with E-state index in [0.717, 1.165) is 22.7 Å². The first-order valence-electron chi connectivity index (χ1n) is 8.77. The van der Waals surface area contributed by atoms with E-state index in [2.05, 4.69) is 22.5 Å². The summed E-state index contributed by atoms with van der Waals surface area (Å²) in [5, 5.41) is 8.64. The number of hydrogen-bond donors (Lipinski definition) is 3. The molecule has 0 saturated carbocycles. The number of rotatable bonds is 9. The van der Waals surface area contributed by atoms with E-state index < -0.39 is 0 Å². The lowest BCUT2D eigenvalue weighted by molar-refractivity contribution is -0.116. The van der Waals surface area contributed by atoms with Gasteiger partial charge >= 0.3 is 0 Å². The Kier molecular flexibility index (Phi) is 7.43. The minimum atomic E-state index is -0.158. The lowest BCUT2D eigenvalue weighted by Gasteiger charge is -2.10. The summed E-state index contributed by atoms with van der Waals surface area (Å²) in [6.07, 6.45) is 0.432. The van der Waals surface area contributed by atoms with Crippen LogP contribution in [-0.4, -0.2) is 25.0 Å². The van der Waals surface area contributed by atoms with Crippen LogP contribution in [0.25, 0.3) is 0 Å². The van der Waals surface area contributed by atoms with Gasteiger partial charge in [0, 0.05) is 23.5 Å². The molecule has 2 rings (SSSR count). The largest absolute Gasteiger partial charge is 0.489 e. The first kappa shape index (κ1) is 20.0. The summed E-state index contributed by atoms with van der Waals surface area (Å²) in [5.74, 6) is 0.532. The van der Waals surface area contributed by atoms with Crippen molar-refractivity contribution in [1.82, 2.24) is 0 Å². The zero-order chi connectivity index (χ0) is 19.6. The van der Waals surface area contributed by atoms with Gasteiger partial charge in [-0.15, -0.1) is 0 Å². The van der Waals surface area contributed by atoms with E-state index in [1.807, 2.05) is 19.1 Å². The third-order valence-electron chi connectivity index (χ3n) is 3.57. The molecule has 6 nitrogen and oxygen atoms in total. The van der Waals surface area contributed by atoms with Crippen molar-refractivity contribution in [2.24, 2.45) is 0 Å². The molecule has 0 radical (unpaired) electrons. The van der Waals surface area contributed by atoms with E-state index in [1.165, 1.54) is 0 Å². The van der Waals surface area contributed by atoms with Crippen LogP contribution < -0.4 is 20.7 Å². The number of anilines is 3. The van der Waals surface area contributed by atoms with Crippen LogP contribution in [0.1, 0.15) is 20.3 Å². The topological polar surface area (TPSA) is 79.5 Å². The van der Waals surface area contributed by atoms with Gasteiger partial charge in [0.15, 0.2) is 0 Å². The van der Waals surface area contributed by atoms with E-state index in [0.29, 0.717) is 18.7 Å². The Morgan fingerprint density at radius 1 is 0.889 bits per heavy atom. The van der Waals surface area contributed by atoms with Gasteiger partial charge in [0.05, 0.1) is 6.54 Å². The van der Waals surface area contributed by atoms with Crippen molar-refractivity contribution in [3.05, 3.63) is 60.7 Å². The molecule has 0 aliphatic carbocycles. The standard InChI is InChI=1S/C21H25N3O3/c1-4-20(25)23-17-7-5-16(6-8-17)22-13-21(26)24-18-9-11-19(12-10-18)27-14-15(2)3/h5-12,22H,2,4,13-14H2,1,3H3,(H,23,25)(H,24,26). The van der Waals surface area contributed by atoms with Gasteiger partial charge in [-0.25, -0.2) is 0 Å². The summed E-state index contributed by atoms with van der Waals surface area (Å²) in [7, 11) is 0. The highest BCUT2D eigenvalue weighted by Crippen LogP contribution is 2.17. The SMILES string of the molecule is C=C(C)COc1ccc(NC(=O)CNc2ccc(NC(=O)CC)cc2)cc1. The molecule has 2 amide bonds. The molecular weight excluding hydrogens is 342 g/mol. The van der Waals surface area contributed by atoms with Gasteiger partial charge in [0.25, 0.3) is 0 Å². The minimum absolute atomic E-state index is 0.0360. The molecule has 0 aliphatic heterocycles. The Bertz CT molecular complexity index is 783. The second kappa shape index (κ2) is 10.0. The number of amides is 2. The fraction of sp³-hybridized carbons (Fsp3) is 0.238. The fourth-order valence-electron chi connectivity index (χ4n) is 2.15. The van der Waals surface area contributed by atoms with E-state index in [9.17, 15) is 9.59 Å². The molecule has 3 N–H and O–H groups in total. The van der Waals surface area contributed by atoms with Crippen molar-refractivity contribution in [3.63, 3.8) is 0 Å². The lowest BCUT2D eigenvalue weighted by Crippen LogP contribution is -2.21. The summed E-state index contributed by atoms with van der Waals surface area (Å²) in [4.78, 5) is 23.4. The van der Waals surface area contributed by atoms with Gasteiger partial charge in [-0.2, -0.15) is 0 Å². The maximum atomic E-state index is 12.1. The zero-order valence-corrected chi connectivity index (χ0v) is 15.7. The Hall–Kier alpha value is -3.28. The summed E-state index contributed by atoms with van der Waals surface area (Å²) in [6.45, 7) is 8.09. The van der Waals surface area contributed by atoms with Gasteiger partial charge in [-0.05, 0) is 61.0 Å². The number of ether oxygens (including phenoxy) is 1. The summed E-state index contributed by atoms with van der Waals surface area (Å²) in [5.41, 5.74) is 3.16. The molecule has 27 heavy (non-hydrogen) atoms. The number of benzene rings is 2. The van der Waals surface area contributed by atoms with E-state index in [1.54, 1.807) is 43.3 Å². The van der Waals surface area contributed by atoms with Gasteiger partial charge in [-0.3, -0.25) is 9.59 Å². The van der Waals surface area contributed by atoms with Crippen LogP contribution in [0, 0.1) is 0 Å². The minimum Gasteiger partial charge on any atom is -0.489 e. The highest BCUT2D eigenvalue weighted by atomic mass is 16.5. The third kappa shape index (κ3) is 7.23. The molecule has 2 aromatic rings. The molecule has 142 valence electrons. The Labute approximate surface area is 159 Å². The number of carbonyl (C=O) groups excluding carboxylic acids is 2. The first-order chi connectivity index (χ1) is 13.0. The monoisotopic (exact) mass is 367 g/mol. The van der Waals surface area contributed by atoms with E-state index >= 15 is 0 Å². The third-order valence-corrected chi connectivity index (χ3v) is 3.57. The molecule has 0 bridgehead atoms. The van der Waals surface area contributed by atoms with Crippen LogP contribution in [0.2, 0.25) is 0 Å². The van der Waals surface area contributed by atoms with Crippen molar-refractivity contribution in [3.8, 4) is 5.75 Å². The van der Waals surface area contributed by atoms with Crippen molar-refractivity contribution >= 4 is 28.9 Å². The first-order valence-corrected chi connectivity index (χ1v) is 8.77. The molecule has 2 aromatic carbocycles. The average Bonchev–Trinajstić information content (AvgIpc) is 2.66. The van der Waals surface area contributed by atoms with E-state index in [4.69, 9.17) is 4.74 Å². The average molecular weight is 367 g/mol. The van der Waals surface area contributed by atoms with Crippen molar-refractivity contribution in [2.45, 2.75) is 20.3 Å². The molecule has 0 aromatic heterocycles. The Balaban J connectivity index is 1.78. The quantitative estimate of drug-likeness (QED) is 0.585. The summed E-state index contributed by atoms with van der Waals surface area (Å²) < 4.78 is 5.52. The number of carbonyl (C=O) groups is 2. The highest BCUT2D eigenvalue weighted by molar-refractivity contribution is 5.94. The lowest BCUT2D eigenvalue weighted by atomic mass is 10.2. The zero-order valence-electron chi connectivity index (χ0n) is 15.7. The van der Waals surface area contributed by atoms with Crippen LogP contribution in [-0.2, 0) is 9.59 Å². The van der Waals surface area contributed by atoms with Crippen LogP contribution in [0.3, 0.4) is 0 Å². The maximum absolute atomic E-state index is 12.1. The molecule has 0 atom stereocenters. The highest BCUT2D eigenvalue weighted by Gasteiger charge is 2.04. The van der Waals surface area contributed by atoms with Crippen LogP contribution >= 0.6 is 0 Å². The van der Waals surface area contributed by atoms with Gasteiger partial charge in [0.1, 0.15) is 12.4 Å². The van der Waals surface area contributed by atoms with Crippen molar-refractivity contribution in [1.29, 1.82) is 0 Å². The maximum Gasteiger partial charge on any atom is 0.243 e. The number of hydrogen-bond acceptors (Lipinski definition) is 4. The molecule has 0 saturated heterocycles. The molecule has 0 aliphatic rings. The fourth-order valence-corrected chi connectivity index (χ4v) is 2.15. The molecule has 0 unspecified atom stereocenters. The number of nitrogens with one attached hydrogen (secondary N) is 3.